The van der Waals surface area contributed by atoms with Crippen LogP contribution >= 0.6 is 23.4 Å². The van der Waals surface area contributed by atoms with Gasteiger partial charge in [-0.3, -0.25) is 0 Å². The molecule has 0 amide bonds. The zero-order valence-corrected chi connectivity index (χ0v) is 8.86. The molecule has 2 nitrogen and oxygen atoms in total. The fourth-order valence-electron chi connectivity index (χ4n) is 1.15. The van der Waals surface area contributed by atoms with Crippen LogP contribution in [0.15, 0.2) is 23.4 Å². The Kier molecular flexibility index (Phi) is 2.56. The van der Waals surface area contributed by atoms with Gasteiger partial charge in [0.05, 0.1) is 0 Å². The topological polar surface area (TPSA) is 25.8 Å². The first-order valence-corrected chi connectivity index (χ1v) is 5.48. The number of fused-ring (bicyclic) bond motifs is 1. The van der Waals surface area contributed by atoms with Crippen molar-refractivity contribution in [2.24, 2.45) is 0 Å². The van der Waals surface area contributed by atoms with Crippen molar-refractivity contribution in [2.75, 3.05) is 6.26 Å². The first-order chi connectivity index (χ1) is 6.72. The summed E-state index contributed by atoms with van der Waals surface area (Å²) in [4.78, 5) is 8.06. The summed E-state index contributed by atoms with van der Waals surface area (Å²) in [5, 5.41) is 1.32. The highest BCUT2D eigenvalue weighted by atomic mass is 35.5. The molecular weight excluding hydrogens is 223 g/mol. The Hall–Kier alpha value is -0.870. The first kappa shape index (κ1) is 9.68. The van der Waals surface area contributed by atoms with Crippen LogP contribution in [0.4, 0.5) is 4.39 Å². The van der Waals surface area contributed by atoms with Crippen LogP contribution in [0, 0.1) is 5.82 Å². The van der Waals surface area contributed by atoms with Crippen molar-refractivity contribution in [3.63, 3.8) is 0 Å². The summed E-state index contributed by atoms with van der Waals surface area (Å²) in [6.45, 7) is 0. The molecule has 0 radical (unpaired) electrons. The molecule has 2 aromatic rings. The molecule has 0 aliphatic heterocycles. The zero-order chi connectivity index (χ0) is 10.1. The van der Waals surface area contributed by atoms with Crippen LogP contribution in [0.5, 0.6) is 0 Å². The van der Waals surface area contributed by atoms with Crippen LogP contribution in [0.1, 0.15) is 0 Å². The van der Waals surface area contributed by atoms with E-state index in [0.717, 1.165) is 0 Å². The van der Waals surface area contributed by atoms with Crippen molar-refractivity contribution in [1.29, 1.82) is 0 Å². The van der Waals surface area contributed by atoms with Gasteiger partial charge in [-0.1, -0.05) is 29.4 Å². The van der Waals surface area contributed by atoms with Gasteiger partial charge in [-0.15, -0.1) is 0 Å². The molecule has 0 spiro atoms. The monoisotopic (exact) mass is 228 g/mol. The molecule has 2 rings (SSSR count). The highest BCUT2D eigenvalue weighted by molar-refractivity contribution is 7.98. The minimum absolute atomic E-state index is 0.275. The highest BCUT2D eigenvalue weighted by Crippen LogP contribution is 2.24. The van der Waals surface area contributed by atoms with Crippen molar-refractivity contribution in [2.45, 2.75) is 5.16 Å². The van der Waals surface area contributed by atoms with E-state index >= 15 is 0 Å². The van der Waals surface area contributed by atoms with Gasteiger partial charge < -0.3 is 0 Å². The number of aromatic nitrogens is 2. The lowest BCUT2D eigenvalue weighted by atomic mass is 10.2. The van der Waals surface area contributed by atoms with Crippen molar-refractivity contribution in [1.82, 2.24) is 9.97 Å². The van der Waals surface area contributed by atoms with Crippen LogP contribution in [-0.4, -0.2) is 16.2 Å². The van der Waals surface area contributed by atoms with Crippen LogP contribution in [0.25, 0.3) is 10.9 Å². The molecule has 72 valence electrons. The van der Waals surface area contributed by atoms with Gasteiger partial charge >= 0.3 is 0 Å². The third-order valence-electron chi connectivity index (χ3n) is 1.79. The SMILES string of the molecule is CSc1nc(Cl)c2cccc(F)c2n1. The second kappa shape index (κ2) is 3.71. The van der Waals surface area contributed by atoms with E-state index in [2.05, 4.69) is 9.97 Å². The van der Waals surface area contributed by atoms with E-state index in [1.807, 2.05) is 6.26 Å². The Morgan fingerprint density at radius 2 is 2.14 bits per heavy atom. The molecule has 0 saturated heterocycles. The summed E-state index contributed by atoms with van der Waals surface area (Å²) >= 11 is 7.21. The van der Waals surface area contributed by atoms with Gasteiger partial charge in [0.25, 0.3) is 0 Å². The van der Waals surface area contributed by atoms with E-state index in [1.165, 1.54) is 17.8 Å². The molecule has 0 aliphatic carbocycles. The van der Waals surface area contributed by atoms with E-state index in [1.54, 1.807) is 12.1 Å². The molecule has 1 aromatic heterocycles. The lowest BCUT2D eigenvalue weighted by molar-refractivity contribution is 0.635. The first-order valence-electron chi connectivity index (χ1n) is 3.88. The minimum atomic E-state index is -0.373. The summed E-state index contributed by atoms with van der Waals surface area (Å²) in [7, 11) is 0. The average Bonchev–Trinajstić information content (AvgIpc) is 2.19. The van der Waals surface area contributed by atoms with Crippen molar-refractivity contribution in [3.05, 3.63) is 29.2 Å². The summed E-state index contributed by atoms with van der Waals surface area (Å²) < 4.78 is 13.3. The molecule has 0 bridgehead atoms. The van der Waals surface area contributed by atoms with Crippen LogP contribution < -0.4 is 0 Å². The smallest absolute Gasteiger partial charge is 0.189 e. The van der Waals surface area contributed by atoms with Gasteiger partial charge in [0.1, 0.15) is 16.5 Å². The zero-order valence-electron chi connectivity index (χ0n) is 7.29. The molecule has 0 aliphatic rings. The number of nitrogens with zero attached hydrogens (tertiary/aromatic N) is 2. The fourth-order valence-corrected chi connectivity index (χ4v) is 1.80. The maximum atomic E-state index is 13.3. The van der Waals surface area contributed by atoms with E-state index in [4.69, 9.17) is 11.6 Å². The molecule has 14 heavy (non-hydrogen) atoms. The number of hydrogen-bond donors (Lipinski definition) is 0. The Labute approximate surface area is 89.5 Å². The number of hydrogen-bond acceptors (Lipinski definition) is 3. The number of thioether (sulfide) groups is 1. The molecule has 0 fully saturated rings. The van der Waals surface area contributed by atoms with Crippen LogP contribution in [0.3, 0.4) is 0 Å². The van der Waals surface area contributed by atoms with E-state index < -0.39 is 0 Å². The number of halogens is 2. The summed E-state index contributed by atoms with van der Waals surface area (Å²) in [5.74, 6) is -0.373. The minimum Gasteiger partial charge on any atom is -0.219 e. The Balaban J connectivity index is 2.83. The molecule has 0 saturated carbocycles. The molecule has 5 heteroatoms. The van der Waals surface area contributed by atoms with Crippen LogP contribution in [-0.2, 0) is 0 Å². The molecule has 0 atom stereocenters. The highest BCUT2D eigenvalue weighted by Gasteiger charge is 2.08. The Morgan fingerprint density at radius 1 is 1.36 bits per heavy atom. The second-order valence-electron chi connectivity index (χ2n) is 2.64. The van der Waals surface area contributed by atoms with E-state index in [-0.39, 0.29) is 11.3 Å². The Bertz CT molecular complexity index is 489. The molecule has 0 unspecified atom stereocenters. The third kappa shape index (κ3) is 1.55. The molecule has 0 N–H and O–H groups in total. The maximum absolute atomic E-state index is 13.3. The second-order valence-corrected chi connectivity index (χ2v) is 3.77. The summed E-state index contributed by atoms with van der Waals surface area (Å²) in [6, 6.07) is 4.65. The van der Waals surface area contributed by atoms with E-state index in [9.17, 15) is 4.39 Å². The predicted molar refractivity (Wildman–Crippen MR) is 56.3 cm³/mol. The summed E-state index contributed by atoms with van der Waals surface area (Å²) in [6.07, 6.45) is 1.82. The average molecular weight is 229 g/mol. The Morgan fingerprint density at radius 3 is 2.86 bits per heavy atom. The summed E-state index contributed by atoms with van der Waals surface area (Å²) in [5.41, 5.74) is 0.275. The quantitative estimate of drug-likeness (QED) is 0.426. The largest absolute Gasteiger partial charge is 0.219 e. The third-order valence-corrected chi connectivity index (χ3v) is 2.63. The fraction of sp³-hybridized carbons (Fsp3) is 0.111. The van der Waals surface area contributed by atoms with Gasteiger partial charge in [-0.2, -0.15) is 0 Å². The number of para-hydroxylation sites is 1. The number of rotatable bonds is 1. The van der Waals surface area contributed by atoms with Gasteiger partial charge in [-0.05, 0) is 18.4 Å². The standard InChI is InChI=1S/C9H6ClFN2S/c1-14-9-12-7-5(8(10)13-9)3-2-4-6(7)11/h2-4H,1H3. The van der Waals surface area contributed by atoms with Gasteiger partial charge in [-0.25, -0.2) is 14.4 Å². The van der Waals surface area contributed by atoms with E-state index in [0.29, 0.717) is 15.7 Å². The van der Waals surface area contributed by atoms with Crippen molar-refractivity contribution in [3.8, 4) is 0 Å². The van der Waals surface area contributed by atoms with Crippen molar-refractivity contribution >= 4 is 34.3 Å². The van der Waals surface area contributed by atoms with Crippen molar-refractivity contribution < 1.29 is 4.39 Å². The van der Waals surface area contributed by atoms with Gasteiger partial charge in [0.2, 0.25) is 0 Å². The lowest BCUT2D eigenvalue weighted by Crippen LogP contribution is -1.91. The molecular formula is C9H6ClFN2S. The van der Waals surface area contributed by atoms with Gasteiger partial charge in [0.15, 0.2) is 5.16 Å². The predicted octanol–water partition coefficient (Wildman–Crippen LogP) is 3.14. The van der Waals surface area contributed by atoms with Gasteiger partial charge in [0, 0.05) is 5.39 Å². The molecule has 1 heterocycles. The van der Waals surface area contributed by atoms with Crippen LogP contribution in [0.2, 0.25) is 5.15 Å². The molecule has 1 aromatic carbocycles. The maximum Gasteiger partial charge on any atom is 0.189 e. The normalized spacial score (nSPS) is 10.8. The number of benzene rings is 1. The lowest BCUT2D eigenvalue weighted by Gasteiger charge is -2.02.